The molecule has 15 heteroatoms. The highest BCUT2D eigenvalue weighted by Crippen LogP contribution is 2.22. The molecule has 0 radical (unpaired) electrons. The van der Waals surface area contributed by atoms with E-state index < -0.39 is 21.4 Å². The highest BCUT2D eigenvalue weighted by atomic mass is 16.4. The third-order valence-corrected chi connectivity index (χ3v) is 16.8. The van der Waals surface area contributed by atoms with Crippen LogP contribution in [0.5, 0.6) is 0 Å². The van der Waals surface area contributed by atoms with Gasteiger partial charge in [0, 0.05) is 105 Å². The summed E-state index contributed by atoms with van der Waals surface area (Å²) in [6.45, 7) is 15.7. The smallest absolute Gasteiger partial charge is 0.423 e. The van der Waals surface area contributed by atoms with E-state index in [0.717, 1.165) is 80.8 Å². The zero-order valence-corrected chi connectivity index (χ0v) is 52.9. The molecule has 0 atom stereocenters. The lowest BCUT2D eigenvalue weighted by Crippen LogP contribution is -2.40. The van der Waals surface area contributed by atoms with Crippen molar-refractivity contribution in [1.29, 1.82) is 0 Å². The van der Waals surface area contributed by atoms with Crippen molar-refractivity contribution in [2.45, 2.75) is 39.3 Å². The average molecular weight is 1250 g/mol. The molecule has 95 heavy (non-hydrogen) atoms. The predicted octanol–water partition coefficient (Wildman–Crippen LogP) is 7.68. The Kier molecular flexibility index (Phi) is 21.9. The van der Waals surface area contributed by atoms with Crippen LogP contribution in [-0.4, -0.2) is 51.5 Å². The Morgan fingerprint density at radius 2 is 0.695 bits per heavy atom. The van der Waals surface area contributed by atoms with Crippen LogP contribution in [0.3, 0.4) is 0 Å². The third kappa shape index (κ3) is 17.4. The number of hydrogen-bond donors (Lipinski definition) is 6. The van der Waals surface area contributed by atoms with Crippen LogP contribution in [0, 0.1) is 0 Å². The second kappa shape index (κ2) is 31.6. The molecule has 0 saturated heterocycles. The maximum Gasteiger partial charge on any atom is 0.488 e. The van der Waals surface area contributed by atoms with Crippen LogP contribution in [0.25, 0.3) is 62.3 Å². The van der Waals surface area contributed by atoms with Gasteiger partial charge in [-0.15, -0.1) is 0 Å². The Morgan fingerprint density at radius 1 is 0.305 bits per heavy atom. The van der Waals surface area contributed by atoms with Gasteiger partial charge in [-0.25, -0.2) is 18.3 Å². The highest BCUT2D eigenvalue weighted by molar-refractivity contribution is 6.59. The first-order chi connectivity index (χ1) is 46.3. The van der Waals surface area contributed by atoms with Crippen molar-refractivity contribution in [3.8, 4) is 22.3 Å². The molecule has 0 saturated carbocycles. The van der Waals surface area contributed by atoms with Gasteiger partial charge in [-0.3, -0.25) is 0 Å². The fourth-order valence-electron chi connectivity index (χ4n) is 11.6. The van der Waals surface area contributed by atoms with Gasteiger partial charge in [-0.05, 0) is 73.5 Å². The van der Waals surface area contributed by atoms with Crippen LogP contribution in [0.4, 0.5) is 0 Å². The summed E-state index contributed by atoms with van der Waals surface area (Å²) in [5.41, 5.74) is 18.5. The molecule has 0 unspecified atom stereocenters. The Hall–Kier alpha value is -10.9. The lowest BCUT2D eigenvalue weighted by Gasteiger charge is -2.07. The number of rotatable bonds is 20. The first kappa shape index (κ1) is 65.6. The first-order valence-electron chi connectivity index (χ1n) is 31.5. The molecule has 0 aliphatic heterocycles. The molecular weight excluding hydrogens is 1170 g/mol. The van der Waals surface area contributed by atoms with Gasteiger partial charge in [-0.1, -0.05) is 184 Å². The van der Waals surface area contributed by atoms with E-state index in [2.05, 4.69) is 237 Å². The standard InChI is InChI=1S/C28H25BN2O2.2C26H25BN2O2/c1-2-21-10-12-22(13-11-21)19-31-17-4-7-24-14-15-27-26(28(24)31)9-5-16-30(27)20-23-6-3-8-25(18-23)29(32)33;1-2-21-6-8-22(9-7-21)19-28-14-10-24(11-15-28)25-12-16-29(17-13-25)20-23-4-3-5-26(18-23)27(30)31;1-2-21-7-9-22(10-8-21)19-28-15-11-23(12-16-28)24-13-17-29(18-14-24)20-25-5-3-4-6-26(25)27(30)31/h2-18,32-33H,1,19-20H2;2*2-18,30-31H,1,19-20H2/q3*+2. The van der Waals surface area contributed by atoms with E-state index in [1.807, 2.05) is 102 Å². The normalized spacial score (nSPS) is 10.8. The zero-order valence-electron chi connectivity index (χ0n) is 52.9. The van der Waals surface area contributed by atoms with Crippen molar-refractivity contribution in [2.24, 2.45) is 0 Å². The molecule has 12 nitrogen and oxygen atoms in total. The van der Waals surface area contributed by atoms with Crippen LogP contribution in [0.15, 0.2) is 312 Å². The summed E-state index contributed by atoms with van der Waals surface area (Å²) in [7, 11) is -4.38. The fraction of sp³-hybridized carbons (Fsp3) is 0.0750. The average Bonchev–Trinajstić information content (AvgIpc) is 0.835. The van der Waals surface area contributed by atoms with Gasteiger partial charge in [0.25, 0.3) is 0 Å². The fourth-order valence-corrected chi connectivity index (χ4v) is 11.6. The van der Waals surface area contributed by atoms with Crippen LogP contribution in [-0.2, 0) is 39.3 Å². The summed E-state index contributed by atoms with van der Waals surface area (Å²) in [4.78, 5) is 0. The lowest BCUT2D eigenvalue weighted by atomic mass is 9.77. The van der Waals surface area contributed by atoms with E-state index in [-0.39, 0.29) is 0 Å². The van der Waals surface area contributed by atoms with E-state index in [4.69, 9.17) is 0 Å². The molecule has 13 aromatic rings. The SMILES string of the molecule is C=Cc1ccc(C[n+]2ccc(-c3cc[n+](Cc4cccc(B(O)O)c4)cc3)cc2)cc1.C=Cc1ccc(C[n+]2ccc(-c3cc[n+](Cc4ccccc4B(O)O)cc3)cc2)cc1.C=Cc1ccc(C[n+]2cccc3ccc4c(ccc[n+]4Cc4cccc(B(O)O)c4)c32)cc1. The minimum atomic E-state index is -1.47. The number of fused-ring (bicyclic) bond motifs is 3. The van der Waals surface area contributed by atoms with Crippen molar-refractivity contribution in [2.75, 3.05) is 0 Å². The Morgan fingerprint density at radius 3 is 1.14 bits per heavy atom. The monoisotopic (exact) mass is 1250 g/mol. The van der Waals surface area contributed by atoms with Crippen molar-refractivity contribution >= 4 is 77.8 Å². The largest absolute Gasteiger partial charge is 0.488 e. The molecule has 0 amide bonds. The molecule has 0 aliphatic rings. The predicted molar refractivity (Wildman–Crippen MR) is 379 cm³/mol. The molecule has 6 heterocycles. The molecule has 13 rings (SSSR count). The summed E-state index contributed by atoms with van der Waals surface area (Å²) in [5, 5.41) is 59.2. The van der Waals surface area contributed by atoms with Gasteiger partial charge < -0.3 is 30.1 Å². The van der Waals surface area contributed by atoms with Gasteiger partial charge in [0.1, 0.15) is 5.39 Å². The molecule has 464 valence electrons. The van der Waals surface area contributed by atoms with Crippen LogP contribution < -0.4 is 43.8 Å². The summed E-state index contributed by atoms with van der Waals surface area (Å²) < 4.78 is 12.9. The van der Waals surface area contributed by atoms with Crippen LogP contribution in [0.1, 0.15) is 50.1 Å². The van der Waals surface area contributed by atoms with Gasteiger partial charge in [-0.2, -0.15) is 9.13 Å². The van der Waals surface area contributed by atoms with Crippen LogP contribution >= 0.6 is 0 Å². The van der Waals surface area contributed by atoms with Gasteiger partial charge in [0.05, 0.1) is 0 Å². The van der Waals surface area contributed by atoms with Crippen molar-refractivity contribution in [3.63, 3.8) is 0 Å². The highest BCUT2D eigenvalue weighted by Gasteiger charge is 2.22. The molecular formula is C80H75B3N6O6+6. The summed E-state index contributed by atoms with van der Waals surface area (Å²) in [6.07, 6.45) is 26.3. The molecule has 0 aliphatic carbocycles. The van der Waals surface area contributed by atoms with Crippen molar-refractivity contribution in [3.05, 3.63) is 362 Å². The Labute approximate surface area is 556 Å². The van der Waals surface area contributed by atoms with Gasteiger partial charge in [0.15, 0.2) is 101 Å². The van der Waals surface area contributed by atoms with Gasteiger partial charge >= 0.3 is 21.4 Å². The molecule has 0 spiro atoms. The molecule has 6 aromatic heterocycles. The maximum absolute atomic E-state index is 9.55. The van der Waals surface area contributed by atoms with E-state index in [0.29, 0.717) is 36.0 Å². The van der Waals surface area contributed by atoms with E-state index in [9.17, 15) is 30.1 Å². The van der Waals surface area contributed by atoms with E-state index in [1.165, 1.54) is 33.0 Å². The molecule has 0 bridgehead atoms. The quantitative estimate of drug-likeness (QED) is 0.0263. The summed E-state index contributed by atoms with van der Waals surface area (Å²) in [6, 6.07) is 77.1. The molecule has 6 N–H and O–H groups in total. The zero-order chi connectivity index (χ0) is 66.0. The summed E-state index contributed by atoms with van der Waals surface area (Å²) in [5.74, 6) is 0. The topological polar surface area (TPSA) is 145 Å². The summed E-state index contributed by atoms with van der Waals surface area (Å²) >= 11 is 0. The Bertz CT molecular complexity index is 4730. The number of aromatic nitrogens is 6. The lowest BCUT2D eigenvalue weighted by molar-refractivity contribution is -0.688. The van der Waals surface area contributed by atoms with Gasteiger partial charge in [0.2, 0.25) is 11.0 Å². The molecule has 7 aromatic carbocycles. The minimum absolute atomic E-state index is 0.499. The number of benzene rings is 7. The number of pyridine rings is 6. The van der Waals surface area contributed by atoms with Crippen molar-refractivity contribution in [1.82, 2.24) is 0 Å². The maximum atomic E-state index is 9.55. The van der Waals surface area contributed by atoms with E-state index in [1.54, 1.807) is 18.2 Å². The molecule has 0 fully saturated rings. The van der Waals surface area contributed by atoms with Crippen LogP contribution in [0.2, 0.25) is 0 Å². The minimum Gasteiger partial charge on any atom is -0.423 e. The van der Waals surface area contributed by atoms with Crippen molar-refractivity contribution < 1.29 is 57.5 Å². The number of nitrogens with zero attached hydrogens (tertiary/aromatic N) is 6. The second-order valence-electron chi connectivity index (χ2n) is 23.4. The number of hydrogen-bond acceptors (Lipinski definition) is 6. The van der Waals surface area contributed by atoms with E-state index >= 15 is 0 Å². The first-order valence-corrected chi connectivity index (χ1v) is 31.5. The third-order valence-electron chi connectivity index (χ3n) is 16.8. The Balaban J connectivity index is 0.000000145. The second-order valence-corrected chi connectivity index (χ2v) is 23.4.